The molecule has 20 heavy (non-hydrogen) atoms. The second-order valence-corrected chi connectivity index (χ2v) is 4.43. The van der Waals surface area contributed by atoms with Crippen molar-refractivity contribution in [3.63, 3.8) is 0 Å². The van der Waals surface area contributed by atoms with E-state index in [1.165, 1.54) is 4.90 Å². The molecule has 3 amide bonds. The van der Waals surface area contributed by atoms with E-state index in [0.717, 1.165) is 0 Å². The first-order valence-corrected chi connectivity index (χ1v) is 6.66. The van der Waals surface area contributed by atoms with Crippen LogP contribution in [0.1, 0.15) is 20.3 Å². The van der Waals surface area contributed by atoms with Crippen LogP contribution in [0, 0.1) is 0 Å². The van der Waals surface area contributed by atoms with Crippen LogP contribution in [-0.4, -0.2) is 66.3 Å². The second-order valence-electron chi connectivity index (χ2n) is 4.43. The number of nitrogens with zero attached hydrogens (tertiary/aromatic N) is 1. The van der Waals surface area contributed by atoms with Crippen molar-refractivity contribution in [3.8, 4) is 0 Å². The molecule has 0 aromatic carbocycles. The van der Waals surface area contributed by atoms with Gasteiger partial charge in [-0.3, -0.25) is 4.79 Å². The summed E-state index contributed by atoms with van der Waals surface area (Å²) in [5.41, 5.74) is 0. The molecule has 1 heterocycles. The maximum Gasteiger partial charge on any atom is 0.326 e. The molecule has 114 valence electrons. The minimum atomic E-state index is -1.09. The molecular weight excluding hydrogens is 266 g/mol. The molecule has 1 saturated heterocycles. The summed E-state index contributed by atoms with van der Waals surface area (Å²) in [6.07, 6.45) is 0.275. The summed E-state index contributed by atoms with van der Waals surface area (Å²) in [6.45, 7) is 4.60. The fourth-order valence-electron chi connectivity index (χ4n) is 1.93. The van der Waals surface area contributed by atoms with Crippen LogP contribution in [0.3, 0.4) is 0 Å². The number of likely N-dealkylation sites (N-methyl/N-ethyl adjacent to an activating group) is 1. The van der Waals surface area contributed by atoms with E-state index in [0.29, 0.717) is 13.2 Å². The third-order valence-electron chi connectivity index (χ3n) is 3.05. The van der Waals surface area contributed by atoms with Crippen LogP contribution in [0.25, 0.3) is 0 Å². The zero-order chi connectivity index (χ0) is 15.1. The molecule has 0 aliphatic carbocycles. The van der Waals surface area contributed by atoms with Gasteiger partial charge in [0.2, 0.25) is 5.91 Å². The van der Waals surface area contributed by atoms with E-state index in [9.17, 15) is 14.4 Å². The largest absolute Gasteiger partial charge is 0.480 e. The molecule has 0 saturated carbocycles. The number of ether oxygens (including phenoxy) is 1. The summed E-state index contributed by atoms with van der Waals surface area (Å²) in [6, 6.07) is -2.24. The quantitative estimate of drug-likeness (QED) is 0.625. The average molecular weight is 287 g/mol. The summed E-state index contributed by atoms with van der Waals surface area (Å²) in [4.78, 5) is 36.2. The average Bonchev–Trinajstić information content (AvgIpc) is 2.44. The second kappa shape index (κ2) is 7.68. The van der Waals surface area contributed by atoms with Crippen LogP contribution in [0.2, 0.25) is 0 Å². The van der Waals surface area contributed by atoms with Crippen LogP contribution >= 0.6 is 0 Å². The highest BCUT2D eigenvalue weighted by atomic mass is 16.5. The van der Waals surface area contributed by atoms with Crippen molar-refractivity contribution in [3.05, 3.63) is 0 Å². The minimum Gasteiger partial charge on any atom is -0.480 e. The lowest BCUT2D eigenvalue weighted by Crippen LogP contribution is -2.59. The van der Waals surface area contributed by atoms with Gasteiger partial charge in [-0.1, -0.05) is 6.92 Å². The van der Waals surface area contributed by atoms with Crippen molar-refractivity contribution in [2.24, 2.45) is 0 Å². The van der Waals surface area contributed by atoms with Gasteiger partial charge in [-0.15, -0.1) is 0 Å². The van der Waals surface area contributed by atoms with Crippen LogP contribution in [-0.2, 0) is 14.3 Å². The number of urea groups is 1. The van der Waals surface area contributed by atoms with Gasteiger partial charge in [0.1, 0.15) is 12.1 Å². The van der Waals surface area contributed by atoms with Gasteiger partial charge < -0.3 is 25.4 Å². The van der Waals surface area contributed by atoms with Crippen molar-refractivity contribution in [2.45, 2.75) is 32.4 Å². The zero-order valence-electron chi connectivity index (χ0n) is 11.7. The molecule has 0 radical (unpaired) electrons. The van der Waals surface area contributed by atoms with E-state index in [1.54, 1.807) is 13.8 Å². The number of carboxylic acids is 1. The van der Waals surface area contributed by atoms with Crippen LogP contribution in [0.4, 0.5) is 4.79 Å². The van der Waals surface area contributed by atoms with Crippen molar-refractivity contribution < 1.29 is 24.2 Å². The summed E-state index contributed by atoms with van der Waals surface area (Å²) in [5.74, 6) is -1.39. The number of carbonyl (C=O) groups excluding carboxylic acids is 2. The van der Waals surface area contributed by atoms with Crippen molar-refractivity contribution in [1.82, 2.24) is 15.5 Å². The highest BCUT2D eigenvalue weighted by molar-refractivity contribution is 5.89. The smallest absolute Gasteiger partial charge is 0.326 e. The predicted molar refractivity (Wildman–Crippen MR) is 70.2 cm³/mol. The Hall–Kier alpha value is -1.83. The van der Waals surface area contributed by atoms with Crippen LogP contribution < -0.4 is 10.6 Å². The minimum absolute atomic E-state index is 0.114. The Morgan fingerprint density at radius 2 is 2.10 bits per heavy atom. The molecule has 2 atom stereocenters. The molecule has 0 aromatic heterocycles. The number of amides is 3. The van der Waals surface area contributed by atoms with Crippen molar-refractivity contribution in [2.75, 3.05) is 26.3 Å². The first-order chi connectivity index (χ1) is 9.51. The Morgan fingerprint density at radius 1 is 1.40 bits per heavy atom. The third kappa shape index (κ3) is 4.09. The summed E-state index contributed by atoms with van der Waals surface area (Å²) < 4.78 is 5.21. The summed E-state index contributed by atoms with van der Waals surface area (Å²) >= 11 is 0. The monoisotopic (exact) mass is 287 g/mol. The van der Waals surface area contributed by atoms with Gasteiger partial charge in [0, 0.05) is 13.1 Å². The normalized spacial score (nSPS) is 20.1. The number of aliphatic carboxylic acids is 1. The molecule has 1 aliphatic heterocycles. The van der Waals surface area contributed by atoms with Gasteiger partial charge in [-0.25, -0.2) is 9.59 Å². The maximum absolute atomic E-state index is 12.1. The van der Waals surface area contributed by atoms with Crippen molar-refractivity contribution >= 4 is 17.9 Å². The number of carbonyl (C=O) groups is 3. The first-order valence-electron chi connectivity index (χ1n) is 6.66. The lowest BCUT2D eigenvalue weighted by molar-refractivity contribution is -0.139. The number of hydrogen-bond donors (Lipinski definition) is 3. The highest BCUT2D eigenvalue weighted by Crippen LogP contribution is 2.08. The first kappa shape index (κ1) is 16.2. The Labute approximate surface area is 117 Å². The van der Waals surface area contributed by atoms with Crippen LogP contribution in [0.5, 0.6) is 0 Å². The Balaban J connectivity index is 2.71. The molecule has 1 rings (SSSR count). The van der Waals surface area contributed by atoms with Gasteiger partial charge >= 0.3 is 12.0 Å². The van der Waals surface area contributed by atoms with Gasteiger partial charge in [-0.05, 0) is 13.3 Å². The zero-order valence-corrected chi connectivity index (χ0v) is 11.7. The summed E-state index contributed by atoms with van der Waals surface area (Å²) in [7, 11) is 0. The Kier molecular flexibility index (Phi) is 6.23. The molecule has 0 aromatic rings. The summed E-state index contributed by atoms with van der Waals surface area (Å²) in [5, 5.41) is 14.0. The number of rotatable bonds is 5. The van der Waals surface area contributed by atoms with Gasteiger partial charge in [0.15, 0.2) is 0 Å². The van der Waals surface area contributed by atoms with Gasteiger partial charge in [0.25, 0.3) is 0 Å². The topological polar surface area (TPSA) is 108 Å². The Bertz CT molecular complexity index is 374. The maximum atomic E-state index is 12.1. The standard InChI is InChI=1S/C12H21N3O5/c1-3-8(11(17)18)14-12(19)15-5-6-20-7-9(15)10(16)13-4-2/h8-9H,3-7H2,1-2H3,(H,13,16)(H,14,19)(H,17,18). The molecule has 2 unspecified atom stereocenters. The highest BCUT2D eigenvalue weighted by Gasteiger charge is 2.34. The van der Waals surface area contributed by atoms with E-state index in [4.69, 9.17) is 9.84 Å². The van der Waals surface area contributed by atoms with E-state index in [2.05, 4.69) is 10.6 Å². The van der Waals surface area contributed by atoms with Crippen LogP contribution in [0.15, 0.2) is 0 Å². The fourth-order valence-corrected chi connectivity index (χ4v) is 1.93. The van der Waals surface area contributed by atoms with Gasteiger partial charge in [0.05, 0.1) is 13.2 Å². The molecule has 0 bridgehead atoms. The van der Waals surface area contributed by atoms with E-state index < -0.39 is 24.1 Å². The lowest BCUT2D eigenvalue weighted by Gasteiger charge is -2.35. The number of morpholine rings is 1. The predicted octanol–water partition coefficient (Wildman–Crippen LogP) is -0.604. The molecule has 8 heteroatoms. The molecule has 1 fully saturated rings. The van der Waals surface area contributed by atoms with E-state index >= 15 is 0 Å². The Morgan fingerprint density at radius 3 is 2.65 bits per heavy atom. The lowest BCUT2D eigenvalue weighted by atomic mass is 10.2. The molecule has 0 spiro atoms. The number of carboxylic acid groups (broad SMARTS) is 1. The van der Waals surface area contributed by atoms with E-state index in [1.807, 2.05) is 0 Å². The van der Waals surface area contributed by atoms with Gasteiger partial charge in [-0.2, -0.15) is 0 Å². The van der Waals surface area contributed by atoms with Crippen molar-refractivity contribution in [1.29, 1.82) is 0 Å². The van der Waals surface area contributed by atoms with E-state index in [-0.39, 0.29) is 25.5 Å². The number of hydrogen-bond acceptors (Lipinski definition) is 4. The molecular formula is C12H21N3O5. The molecule has 3 N–H and O–H groups in total. The molecule has 1 aliphatic rings. The third-order valence-corrected chi connectivity index (χ3v) is 3.05. The fraction of sp³-hybridized carbons (Fsp3) is 0.750. The molecule has 8 nitrogen and oxygen atoms in total. The number of nitrogens with one attached hydrogen (secondary N) is 2. The SMILES string of the molecule is CCNC(=O)C1COCCN1C(=O)NC(CC)C(=O)O.